The molecule has 0 bridgehead atoms. The summed E-state index contributed by atoms with van der Waals surface area (Å²) >= 11 is 9.57. The highest BCUT2D eigenvalue weighted by Gasteiger charge is 2.08. The van der Waals surface area contributed by atoms with Gasteiger partial charge in [-0.3, -0.25) is 4.79 Å². The molecule has 3 rings (SSSR count). The van der Waals surface area contributed by atoms with Crippen LogP contribution in [-0.4, -0.2) is 22.5 Å². The summed E-state index contributed by atoms with van der Waals surface area (Å²) < 4.78 is 7.52. The topological polar surface area (TPSA) is 56.5 Å². The number of rotatable bonds is 5. The van der Waals surface area contributed by atoms with Gasteiger partial charge in [-0.1, -0.05) is 40.2 Å². The summed E-state index contributed by atoms with van der Waals surface area (Å²) in [4.78, 5) is 17.1. The Bertz CT molecular complexity index is 1080. The van der Waals surface area contributed by atoms with Gasteiger partial charge in [0, 0.05) is 4.47 Å². The summed E-state index contributed by atoms with van der Waals surface area (Å²) in [5, 5.41) is 5.23. The molecule has 3 aromatic rings. The molecule has 0 amide bonds. The normalized spacial score (nSPS) is 11.2. The van der Waals surface area contributed by atoms with E-state index in [1.165, 1.54) is 4.68 Å². The summed E-state index contributed by atoms with van der Waals surface area (Å²) in [6, 6.07) is 10.6. The second kappa shape index (κ2) is 7.85. The summed E-state index contributed by atoms with van der Waals surface area (Å²) in [5.41, 5.74) is 1.14. The first-order valence-corrected chi connectivity index (χ1v) is 8.93. The van der Waals surface area contributed by atoms with Gasteiger partial charge in [0.05, 0.1) is 22.1 Å². The van der Waals surface area contributed by atoms with E-state index in [9.17, 15) is 4.79 Å². The van der Waals surface area contributed by atoms with Crippen molar-refractivity contribution in [2.75, 3.05) is 6.61 Å². The summed E-state index contributed by atoms with van der Waals surface area (Å²) in [6.45, 7) is 5.71. The zero-order valence-corrected chi connectivity index (χ0v) is 16.3. The van der Waals surface area contributed by atoms with Crippen molar-refractivity contribution in [1.82, 2.24) is 9.66 Å². The van der Waals surface area contributed by atoms with E-state index in [2.05, 4.69) is 32.6 Å². The molecule has 2 aromatic carbocycles. The number of nitrogens with zero attached hydrogens (tertiary/aromatic N) is 3. The third-order valence-electron chi connectivity index (χ3n) is 3.61. The fraction of sp³-hybridized carbons (Fsp3) is 0.105. The van der Waals surface area contributed by atoms with Gasteiger partial charge >= 0.3 is 0 Å². The molecule has 0 aliphatic heterocycles. The van der Waals surface area contributed by atoms with Gasteiger partial charge in [0.2, 0.25) is 0 Å². The SMILES string of the molecule is C=CCOc1ccc(C=Nn2c(C)nc3ccc(Br)cc3c2=O)cc1Cl. The molecule has 26 heavy (non-hydrogen) atoms. The highest BCUT2D eigenvalue weighted by Crippen LogP contribution is 2.25. The highest BCUT2D eigenvalue weighted by molar-refractivity contribution is 9.10. The van der Waals surface area contributed by atoms with Crippen LogP contribution in [0, 0.1) is 6.92 Å². The molecular formula is C19H15BrClN3O2. The van der Waals surface area contributed by atoms with Crippen LogP contribution in [0.25, 0.3) is 10.9 Å². The maximum absolute atomic E-state index is 12.7. The van der Waals surface area contributed by atoms with Crippen molar-refractivity contribution in [3.05, 3.63) is 80.3 Å². The van der Waals surface area contributed by atoms with Crippen LogP contribution >= 0.6 is 27.5 Å². The monoisotopic (exact) mass is 431 g/mol. The Morgan fingerprint density at radius 2 is 2.15 bits per heavy atom. The van der Waals surface area contributed by atoms with Crippen LogP contribution in [0.5, 0.6) is 5.75 Å². The Labute approximate surface area is 163 Å². The van der Waals surface area contributed by atoms with Crippen LogP contribution in [0.1, 0.15) is 11.4 Å². The number of aromatic nitrogens is 2. The molecule has 1 heterocycles. The van der Waals surface area contributed by atoms with Gasteiger partial charge in [0.15, 0.2) is 0 Å². The Morgan fingerprint density at radius 3 is 2.88 bits per heavy atom. The average molecular weight is 433 g/mol. The molecule has 0 unspecified atom stereocenters. The quantitative estimate of drug-likeness (QED) is 0.438. The minimum atomic E-state index is -0.234. The molecule has 0 aliphatic rings. The van der Waals surface area contributed by atoms with E-state index in [-0.39, 0.29) is 5.56 Å². The molecule has 7 heteroatoms. The lowest BCUT2D eigenvalue weighted by Gasteiger charge is -2.07. The zero-order chi connectivity index (χ0) is 18.7. The Balaban J connectivity index is 1.97. The minimum absolute atomic E-state index is 0.234. The molecular weight excluding hydrogens is 418 g/mol. The number of benzene rings is 2. The molecule has 132 valence electrons. The van der Waals surface area contributed by atoms with E-state index < -0.39 is 0 Å². The summed E-state index contributed by atoms with van der Waals surface area (Å²) in [5.74, 6) is 1.06. The third-order valence-corrected chi connectivity index (χ3v) is 4.39. The van der Waals surface area contributed by atoms with Crippen LogP contribution in [0.3, 0.4) is 0 Å². The third kappa shape index (κ3) is 3.86. The van der Waals surface area contributed by atoms with Crippen molar-refractivity contribution < 1.29 is 4.74 Å². The van der Waals surface area contributed by atoms with E-state index in [1.807, 2.05) is 6.07 Å². The van der Waals surface area contributed by atoms with Crippen LogP contribution in [0.4, 0.5) is 0 Å². The molecule has 0 saturated heterocycles. The van der Waals surface area contributed by atoms with Crippen molar-refractivity contribution >= 4 is 44.6 Å². The van der Waals surface area contributed by atoms with Crippen molar-refractivity contribution in [1.29, 1.82) is 0 Å². The first kappa shape index (κ1) is 18.4. The van der Waals surface area contributed by atoms with Gasteiger partial charge in [-0.2, -0.15) is 9.78 Å². The van der Waals surface area contributed by atoms with Crippen molar-refractivity contribution in [2.45, 2.75) is 6.92 Å². The van der Waals surface area contributed by atoms with E-state index in [0.29, 0.717) is 34.1 Å². The maximum Gasteiger partial charge on any atom is 0.282 e. The molecule has 0 aliphatic carbocycles. The number of halogens is 2. The molecule has 1 aromatic heterocycles. The molecule has 0 radical (unpaired) electrons. The average Bonchev–Trinajstić information content (AvgIpc) is 2.61. The number of hydrogen-bond acceptors (Lipinski definition) is 4. The number of hydrogen-bond donors (Lipinski definition) is 0. The largest absolute Gasteiger partial charge is 0.488 e. The second-order valence-corrected chi connectivity index (χ2v) is 6.79. The van der Waals surface area contributed by atoms with Gasteiger partial charge in [0.1, 0.15) is 18.2 Å². The van der Waals surface area contributed by atoms with E-state index in [0.717, 1.165) is 10.0 Å². The number of fused-ring (bicyclic) bond motifs is 1. The standard InChI is InChI=1S/C19H15BrClN3O2/c1-3-8-26-18-7-4-13(9-16(18)21)11-22-24-12(2)23-17-6-5-14(20)10-15(17)19(24)25/h3-7,9-11H,1,8H2,2H3. The van der Waals surface area contributed by atoms with Gasteiger partial charge in [-0.05, 0) is 48.9 Å². The first-order chi connectivity index (χ1) is 12.5. The van der Waals surface area contributed by atoms with Crippen LogP contribution in [0.2, 0.25) is 5.02 Å². The zero-order valence-electron chi connectivity index (χ0n) is 13.9. The Morgan fingerprint density at radius 1 is 1.35 bits per heavy atom. The fourth-order valence-electron chi connectivity index (χ4n) is 2.38. The van der Waals surface area contributed by atoms with Gasteiger partial charge in [-0.15, -0.1) is 0 Å². The summed E-state index contributed by atoms with van der Waals surface area (Å²) in [6.07, 6.45) is 3.20. The molecule has 0 fully saturated rings. The molecule has 0 spiro atoms. The minimum Gasteiger partial charge on any atom is -0.488 e. The predicted octanol–water partition coefficient (Wildman–Crippen LogP) is 4.57. The molecule has 0 saturated carbocycles. The van der Waals surface area contributed by atoms with Gasteiger partial charge in [0.25, 0.3) is 5.56 Å². The van der Waals surface area contributed by atoms with Crippen molar-refractivity contribution in [2.24, 2.45) is 5.10 Å². The number of ether oxygens (including phenoxy) is 1. The highest BCUT2D eigenvalue weighted by atomic mass is 79.9. The summed E-state index contributed by atoms with van der Waals surface area (Å²) in [7, 11) is 0. The first-order valence-electron chi connectivity index (χ1n) is 7.76. The molecule has 5 nitrogen and oxygen atoms in total. The lowest BCUT2D eigenvalue weighted by Crippen LogP contribution is -2.20. The smallest absolute Gasteiger partial charge is 0.282 e. The predicted molar refractivity (Wildman–Crippen MR) is 109 cm³/mol. The lowest BCUT2D eigenvalue weighted by atomic mass is 10.2. The van der Waals surface area contributed by atoms with Gasteiger partial charge in [-0.25, -0.2) is 4.98 Å². The lowest BCUT2D eigenvalue weighted by molar-refractivity contribution is 0.363. The van der Waals surface area contributed by atoms with E-state index in [1.54, 1.807) is 49.5 Å². The second-order valence-electron chi connectivity index (χ2n) is 5.47. The van der Waals surface area contributed by atoms with E-state index >= 15 is 0 Å². The van der Waals surface area contributed by atoms with Gasteiger partial charge < -0.3 is 4.74 Å². The van der Waals surface area contributed by atoms with Crippen LogP contribution in [0.15, 0.2) is 63.4 Å². The van der Waals surface area contributed by atoms with Crippen LogP contribution in [-0.2, 0) is 0 Å². The number of aryl methyl sites for hydroxylation is 1. The van der Waals surface area contributed by atoms with E-state index in [4.69, 9.17) is 16.3 Å². The fourth-order valence-corrected chi connectivity index (χ4v) is 2.99. The maximum atomic E-state index is 12.7. The van der Waals surface area contributed by atoms with Crippen LogP contribution < -0.4 is 10.3 Å². The molecule has 0 N–H and O–H groups in total. The van der Waals surface area contributed by atoms with Crippen molar-refractivity contribution in [3.63, 3.8) is 0 Å². The Hall–Kier alpha value is -2.44. The van der Waals surface area contributed by atoms with Crippen molar-refractivity contribution in [3.8, 4) is 5.75 Å². The Kier molecular flexibility index (Phi) is 5.54. The molecule has 0 atom stereocenters.